The Balaban J connectivity index is 2.04. The number of aryl methyl sites for hydroxylation is 1. The number of rotatable bonds is 5. The van der Waals surface area contributed by atoms with E-state index in [1.54, 1.807) is 6.92 Å². The van der Waals surface area contributed by atoms with Gasteiger partial charge in [0.1, 0.15) is 0 Å². The van der Waals surface area contributed by atoms with E-state index in [0.717, 1.165) is 11.1 Å². The quantitative estimate of drug-likeness (QED) is 0.665. The first-order chi connectivity index (χ1) is 12.3. The minimum Gasteiger partial charge on any atom is -0.316 e. The highest BCUT2D eigenvalue weighted by Crippen LogP contribution is 2.21. The van der Waals surface area contributed by atoms with E-state index < -0.39 is 21.1 Å². The van der Waals surface area contributed by atoms with Crippen LogP contribution in [0.2, 0.25) is 0 Å². The predicted molar refractivity (Wildman–Crippen MR) is 99.6 cm³/mol. The van der Waals surface area contributed by atoms with E-state index in [1.165, 1.54) is 22.5 Å². The number of H-pyrrole nitrogens is 2. The summed E-state index contributed by atoms with van der Waals surface area (Å²) < 4.78 is 27.4. The number of nitrogens with zero attached hydrogens (tertiary/aromatic N) is 1. The molecule has 8 heteroatoms. The van der Waals surface area contributed by atoms with Gasteiger partial charge in [0.2, 0.25) is 10.0 Å². The zero-order valence-electron chi connectivity index (χ0n) is 14.4. The van der Waals surface area contributed by atoms with Gasteiger partial charge in [-0.05, 0) is 36.2 Å². The zero-order valence-corrected chi connectivity index (χ0v) is 15.3. The summed E-state index contributed by atoms with van der Waals surface area (Å²) in [5, 5.41) is 0. The fourth-order valence-corrected chi connectivity index (χ4v) is 4.20. The highest BCUT2D eigenvalue weighted by atomic mass is 32.2. The molecule has 0 atom stereocenters. The molecule has 0 radical (unpaired) electrons. The van der Waals surface area contributed by atoms with Crippen molar-refractivity contribution >= 4 is 21.1 Å². The van der Waals surface area contributed by atoms with Crippen molar-refractivity contribution in [2.45, 2.75) is 25.3 Å². The molecule has 7 nitrogen and oxygen atoms in total. The fourth-order valence-electron chi connectivity index (χ4n) is 2.75. The summed E-state index contributed by atoms with van der Waals surface area (Å²) in [5.74, 6) is 0. The number of hydrogen-bond acceptors (Lipinski definition) is 4. The van der Waals surface area contributed by atoms with Crippen molar-refractivity contribution < 1.29 is 8.42 Å². The van der Waals surface area contributed by atoms with E-state index >= 15 is 0 Å². The van der Waals surface area contributed by atoms with E-state index in [4.69, 9.17) is 0 Å². The second kappa shape index (κ2) is 6.89. The van der Waals surface area contributed by atoms with Gasteiger partial charge in [0, 0.05) is 13.1 Å². The van der Waals surface area contributed by atoms with Crippen molar-refractivity contribution in [3.05, 3.63) is 74.3 Å². The maximum absolute atomic E-state index is 13.0. The molecule has 0 saturated carbocycles. The minimum absolute atomic E-state index is 0.0585. The lowest BCUT2D eigenvalue weighted by Gasteiger charge is -2.21. The van der Waals surface area contributed by atoms with Crippen LogP contribution in [0.5, 0.6) is 0 Å². The molecule has 0 spiro atoms. The molecule has 136 valence electrons. The first-order valence-corrected chi connectivity index (χ1v) is 9.58. The Morgan fingerprint density at radius 2 is 1.62 bits per heavy atom. The van der Waals surface area contributed by atoms with Crippen LogP contribution in [-0.4, -0.2) is 29.2 Å². The standard InChI is InChI=1S/C18H19N3O4S/c1-3-21(11-13-7-5-4-6-12(13)2)26(24,25)14-8-9-15-16(10-14)20-18(23)17(22)19-15/h4-10H,3,11H2,1-2H3,(H,19,22)(H,20,23). The van der Waals surface area contributed by atoms with Gasteiger partial charge < -0.3 is 9.97 Å². The summed E-state index contributed by atoms with van der Waals surface area (Å²) in [7, 11) is -3.76. The first kappa shape index (κ1) is 18.1. The second-order valence-corrected chi connectivity index (χ2v) is 7.91. The Morgan fingerprint density at radius 3 is 2.27 bits per heavy atom. The lowest BCUT2D eigenvalue weighted by Crippen LogP contribution is -2.31. The highest BCUT2D eigenvalue weighted by molar-refractivity contribution is 7.89. The van der Waals surface area contributed by atoms with Crippen molar-refractivity contribution in [3.8, 4) is 0 Å². The van der Waals surface area contributed by atoms with Crippen molar-refractivity contribution in [2.24, 2.45) is 0 Å². The SMILES string of the molecule is CCN(Cc1ccccc1C)S(=O)(=O)c1ccc2[nH]c(=O)c(=O)[nH]c2c1. The lowest BCUT2D eigenvalue weighted by atomic mass is 10.1. The van der Waals surface area contributed by atoms with Crippen LogP contribution in [0.25, 0.3) is 11.0 Å². The minimum atomic E-state index is -3.76. The van der Waals surface area contributed by atoms with Crippen LogP contribution in [0.15, 0.2) is 56.9 Å². The Labute approximate surface area is 150 Å². The average molecular weight is 373 g/mol. The molecule has 0 fully saturated rings. The molecule has 0 amide bonds. The van der Waals surface area contributed by atoms with Crippen LogP contribution < -0.4 is 11.1 Å². The van der Waals surface area contributed by atoms with Crippen molar-refractivity contribution in [1.29, 1.82) is 0 Å². The first-order valence-electron chi connectivity index (χ1n) is 8.14. The average Bonchev–Trinajstić information content (AvgIpc) is 2.61. The van der Waals surface area contributed by atoms with Gasteiger partial charge in [0.05, 0.1) is 15.9 Å². The molecule has 1 aromatic heterocycles. The molecule has 0 aliphatic carbocycles. The number of benzene rings is 2. The molecule has 0 bridgehead atoms. The maximum atomic E-state index is 13.0. The van der Waals surface area contributed by atoms with Gasteiger partial charge >= 0.3 is 11.1 Å². The third-order valence-corrected chi connectivity index (χ3v) is 6.21. The van der Waals surface area contributed by atoms with E-state index in [2.05, 4.69) is 9.97 Å². The van der Waals surface area contributed by atoms with Gasteiger partial charge in [0.25, 0.3) is 0 Å². The maximum Gasteiger partial charge on any atom is 0.314 e. The Morgan fingerprint density at radius 1 is 0.962 bits per heavy atom. The summed E-state index contributed by atoms with van der Waals surface area (Å²) in [6.45, 7) is 4.27. The molecule has 1 heterocycles. The Hall–Kier alpha value is -2.71. The number of hydrogen-bond donors (Lipinski definition) is 2. The largest absolute Gasteiger partial charge is 0.316 e. The van der Waals surface area contributed by atoms with Crippen LogP contribution in [-0.2, 0) is 16.6 Å². The molecule has 0 aliphatic heterocycles. The lowest BCUT2D eigenvalue weighted by molar-refractivity contribution is 0.423. The molecular weight excluding hydrogens is 354 g/mol. The number of aromatic amines is 2. The molecular formula is C18H19N3O4S. The molecule has 0 unspecified atom stereocenters. The zero-order chi connectivity index (χ0) is 18.9. The second-order valence-electron chi connectivity index (χ2n) is 5.97. The van der Waals surface area contributed by atoms with Crippen molar-refractivity contribution in [1.82, 2.24) is 14.3 Å². The van der Waals surface area contributed by atoms with Crippen LogP contribution in [0.1, 0.15) is 18.1 Å². The molecule has 26 heavy (non-hydrogen) atoms. The van der Waals surface area contributed by atoms with Crippen LogP contribution in [0, 0.1) is 6.92 Å². The topological polar surface area (TPSA) is 103 Å². The third-order valence-electron chi connectivity index (χ3n) is 4.29. The number of aromatic nitrogens is 2. The summed E-state index contributed by atoms with van der Waals surface area (Å²) in [5.41, 5.74) is 0.985. The van der Waals surface area contributed by atoms with E-state index in [-0.39, 0.29) is 17.0 Å². The van der Waals surface area contributed by atoms with E-state index in [1.807, 2.05) is 31.2 Å². The number of fused-ring (bicyclic) bond motifs is 1. The smallest absolute Gasteiger partial charge is 0.314 e. The predicted octanol–water partition coefficient (Wildman–Crippen LogP) is 1.74. The van der Waals surface area contributed by atoms with Crippen molar-refractivity contribution in [2.75, 3.05) is 6.54 Å². The summed E-state index contributed by atoms with van der Waals surface area (Å²) in [6.07, 6.45) is 0. The van der Waals surface area contributed by atoms with Crippen LogP contribution >= 0.6 is 0 Å². The van der Waals surface area contributed by atoms with Crippen LogP contribution in [0.4, 0.5) is 0 Å². The fraction of sp³-hybridized carbons (Fsp3) is 0.222. The van der Waals surface area contributed by atoms with Crippen molar-refractivity contribution in [3.63, 3.8) is 0 Å². The van der Waals surface area contributed by atoms with E-state index in [0.29, 0.717) is 12.1 Å². The van der Waals surface area contributed by atoms with E-state index in [9.17, 15) is 18.0 Å². The normalized spacial score (nSPS) is 12.0. The third kappa shape index (κ3) is 3.33. The Bertz CT molecular complexity index is 1180. The molecule has 3 rings (SSSR count). The number of nitrogens with one attached hydrogen (secondary N) is 2. The molecule has 2 aromatic carbocycles. The van der Waals surface area contributed by atoms with Gasteiger partial charge in [0.15, 0.2) is 0 Å². The van der Waals surface area contributed by atoms with Crippen LogP contribution in [0.3, 0.4) is 0 Å². The molecule has 0 aliphatic rings. The Kier molecular flexibility index (Phi) is 4.80. The monoisotopic (exact) mass is 373 g/mol. The summed E-state index contributed by atoms with van der Waals surface area (Å²) in [4.78, 5) is 27.8. The van der Waals surface area contributed by atoms with Gasteiger partial charge in [-0.3, -0.25) is 9.59 Å². The highest BCUT2D eigenvalue weighted by Gasteiger charge is 2.24. The van der Waals surface area contributed by atoms with Gasteiger partial charge in [-0.25, -0.2) is 8.42 Å². The molecule has 0 saturated heterocycles. The number of sulfonamides is 1. The summed E-state index contributed by atoms with van der Waals surface area (Å²) >= 11 is 0. The van der Waals surface area contributed by atoms with Gasteiger partial charge in [-0.1, -0.05) is 31.2 Å². The summed E-state index contributed by atoms with van der Waals surface area (Å²) in [6, 6.07) is 11.9. The molecule has 2 N–H and O–H groups in total. The van der Waals surface area contributed by atoms with Gasteiger partial charge in [-0.2, -0.15) is 4.31 Å². The van der Waals surface area contributed by atoms with Gasteiger partial charge in [-0.15, -0.1) is 0 Å². The molecule has 3 aromatic rings.